The van der Waals surface area contributed by atoms with Crippen LogP contribution in [0, 0.1) is 46.8 Å². The van der Waals surface area contributed by atoms with Gasteiger partial charge in [0.2, 0.25) is 29.1 Å². The van der Waals surface area contributed by atoms with Crippen LogP contribution >= 0.6 is 0 Å². The number of piperazine rings is 1. The molecule has 1 saturated carbocycles. The smallest absolute Gasteiger partial charge is 0.260 e. The lowest BCUT2D eigenvalue weighted by atomic mass is 9.93. The Morgan fingerprint density at radius 3 is 2.07 bits per heavy atom. The third-order valence-electron chi connectivity index (χ3n) is 6.14. The van der Waals surface area contributed by atoms with Gasteiger partial charge in [-0.05, 0) is 30.6 Å². The molecule has 3 unspecified atom stereocenters. The molecular weight excluding hydrogens is 395 g/mol. The Morgan fingerprint density at radius 2 is 1.52 bits per heavy atom. The number of allylic oxidation sites excluding steroid dienone is 2. The van der Waals surface area contributed by atoms with Crippen molar-refractivity contribution >= 4 is 5.91 Å². The summed E-state index contributed by atoms with van der Waals surface area (Å²) < 4.78 is 71.4. The minimum absolute atomic E-state index is 0.427. The van der Waals surface area contributed by atoms with E-state index in [0.29, 0.717) is 43.9 Å². The first kappa shape index (κ1) is 20.1. The SMILES string of the molecule is O=C(COc1c(F)c(F)c(F)c(F)c1F)N1CCN(CC2CC3C=CC2C3)CC1. The summed E-state index contributed by atoms with van der Waals surface area (Å²) in [5.41, 5.74) is 0. The van der Waals surface area contributed by atoms with Crippen LogP contribution < -0.4 is 4.74 Å². The normalized spacial score (nSPS) is 26.4. The van der Waals surface area contributed by atoms with Gasteiger partial charge in [0, 0.05) is 32.7 Å². The predicted molar refractivity (Wildman–Crippen MR) is 93.6 cm³/mol. The van der Waals surface area contributed by atoms with E-state index in [1.165, 1.54) is 17.7 Å². The summed E-state index contributed by atoms with van der Waals surface area (Å²) in [5.74, 6) is -10.6. The Kier molecular flexibility index (Phi) is 5.50. The van der Waals surface area contributed by atoms with Crippen LogP contribution in [0.2, 0.25) is 0 Å². The fourth-order valence-electron chi connectivity index (χ4n) is 4.55. The molecule has 1 aromatic rings. The largest absolute Gasteiger partial charge is 0.477 e. The van der Waals surface area contributed by atoms with Crippen molar-refractivity contribution in [3.63, 3.8) is 0 Å². The van der Waals surface area contributed by atoms with Crippen molar-refractivity contribution in [3.05, 3.63) is 41.2 Å². The van der Waals surface area contributed by atoms with Gasteiger partial charge in [-0.3, -0.25) is 9.69 Å². The number of fused-ring (bicyclic) bond motifs is 2. The second kappa shape index (κ2) is 7.93. The van der Waals surface area contributed by atoms with Gasteiger partial charge < -0.3 is 9.64 Å². The number of carbonyl (C=O) groups is 1. The molecule has 29 heavy (non-hydrogen) atoms. The first-order valence-electron chi connectivity index (χ1n) is 9.67. The third-order valence-corrected chi connectivity index (χ3v) is 6.14. The van der Waals surface area contributed by atoms with Crippen LogP contribution in [0.15, 0.2) is 12.2 Å². The van der Waals surface area contributed by atoms with E-state index < -0.39 is 47.3 Å². The molecule has 9 heteroatoms. The number of halogens is 5. The highest BCUT2D eigenvalue weighted by Gasteiger charge is 2.37. The van der Waals surface area contributed by atoms with Crippen molar-refractivity contribution in [2.24, 2.45) is 17.8 Å². The van der Waals surface area contributed by atoms with Gasteiger partial charge in [0.05, 0.1) is 0 Å². The van der Waals surface area contributed by atoms with Gasteiger partial charge in [0.25, 0.3) is 5.91 Å². The maximum atomic E-state index is 13.6. The first-order chi connectivity index (χ1) is 13.8. The Balaban J connectivity index is 1.28. The topological polar surface area (TPSA) is 32.8 Å². The summed E-state index contributed by atoms with van der Waals surface area (Å²) in [7, 11) is 0. The maximum Gasteiger partial charge on any atom is 0.260 e. The molecule has 0 aromatic heterocycles. The van der Waals surface area contributed by atoms with Crippen LogP contribution in [0.4, 0.5) is 22.0 Å². The molecule has 2 fully saturated rings. The summed E-state index contributed by atoms with van der Waals surface area (Å²) >= 11 is 0. The van der Waals surface area contributed by atoms with E-state index in [2.05, 4.69) is 21.8 Å². The predicted octanol–water partition coefficient (Wildman–Crippen LogP) is 3.12. The van der Waals surface area contributed by atoms with Crippen LogP contribution in [0.25, 0.3) is 0 Å². The molecule has 4 nitrogen and oxygen atoms in total. The van der Waals surface area contributed by atoms with Crippen molar-refractivity contribution in [2.45, 2.75) is 12.8 Å². The average molecular weight is 416 g/mol. The second-order valence-electron chi connectivity index (χ2n) is 7.91. The zero-order valence-electron chi connectivity index (χ0n) is 15.6. The van der Waals surface area contributed by atoms with E-state index >= 15 is 0 Å². The Morgan fingerprint density at radius 1 is 0.897 bits per heavy atom. The molecule has 1 amide bonds. The van der Waals surface area contributed by atoms with E-state index in [0.717, 1.165) is 6.54 Å². The minimum Gasteiger partial charge on any atom is -0.477 e. The van der Waals surface area contributed by atoms with Crippen LogP contribution in [-0.2, 0) is 4.79 Å². The van der Waals surface area contributed by atoms with Crippen LogP contribution in [-0.4, -0.2) is 55.0 Å². The Labute approximate surface area is 164 Å². The molecule has 1 heterocycles. The molecule has 0 N–H and O–H groups in total. The Bertz CT molecular complexity index is 810. The zero-order chi connectivity index (χ0) is 20.7. The van der Waals surface area contributed by atoms with Gasteiger partial charge in [-0.2, -0.15) is 8.78 Å². The number of hydrogen-bond acceptors (Lipinski definition) is 3. The van der Waals surface area contributed by atoms with Crippen LogP contribution in [0.3, 0.4) is 0 Å². The Hall–Kier alpha value is -2.16. The van der Waals surface area contributed by atoms with E-state index in [4.69, 9.17) is 0 Å². The second-order valence-corrected chi connectivity index (χ2v) is 7.91. The van der Waals surface area contributed by atoms with Crippen molar-refractivity contribution in [1.82, 2.24) is 9.80 Å². The number of hydrogen-bond donors (Lipinski definition) is 0. The van der Waals surface area contributed by atoms with Gasteiger partial charge in [-0.25, -0.2) is 13.2 Å². The summed E-state index contributed by atoms with van der Waals surface area (Å²) in [4.78, 5) is 16.0. The summed E-state index contributed by atoms with van der Waals surface area (Å²) in [6.07, 6.45) is 7.03. The fourth-order valence-corrected chi connectivity index (χ4v) is 4.55. The molecule has 3 atom stereocenters. The highest BCUT2D eigenvalue weighted by molar-refractivity contribution is 5.77. The molecule has 3 aliphatic rings. The van der Waals surface area contributed by atoms with Gasteiger partial charge in [-0.15, -0.1) is 0 Å². The monoisotopic (exact) mass is 416 g/mol. The molecule has 4 rings (SSSR count). The molecule has 0 radical (unpaired) electrons. The van der Waals surface area contributed by atoms with E-state index in [-0.39, 0.29) is 0 Å². The van der Waals surface area contributed by atoms with Gasteiger partial charge in [-0.1, -0.05) is 12.2 Å². The lowest BCUT2D eigenvalue weighted by molar-refractivity contribution is -0.135. The van der Waals surface area contributed by atoms with Crippen molar-refractivity contribution in [1.29, 1.82) is 0 Å². The first-order valence-corrected chi connectivity index (χ1v) is 9.67. The molecule has 1 aliphatic heterocycles. The third kappa shape index (κ3) is 3.84. The average Bonchev–Trinajstić information content (AvgIpc) is 3.34. The molecule has 1 saturated heterocycles. The number of ether oxygens (including phenoxy) is 1. The van der Waals surface area contributed by atoms with Gasteiger partial charge >= 0.3 is 0 Å². The number of rotatable bonds is 5. The lowest BCUT2D eigenvalue weighted by Gasteiger charge is -2.36. The number of nitrogens with zero attached hydrogens (tertiary/aromatic N) is 2. The van der Waals surface area contributed by atoms with E-state index in [1.54, 1.807) is 0 Å². The summed E-state index contributed by atoms with van der Waals surface area (Å²) in [6.45, 7) is 2.38. The van der Waals surface area contributed by atoms with Gasteiger partial charge in [0.1, 0.15) is 0 Å². The number of carbonyl (C=O) groups excluding carboxylic acids is 1. The highest BCUT2D eigenvalue weighted by atomic mass is 19.2. The maximum absolute atomic E-state index is 13.6. The summed E-state index contributed by atoms with van der Waals surface area (Å²) in [6, 6.07) is 0. The fraction of sp³-hybridized carbons (Fsp3) is 0.550. The standard InChI is InChI=1S/C20H21F5N2O2/c21-15-16(22)18(24)20(19(25)17(15)23)29-10-14(28)27-5-3-26(4-6-27)9-13-8-11-1-2-12(13)7-11/h1-2,11-13H,3-10H2. The highest BCUT2D eigenvalue weighted by Crippen LogP contribution is 2.43. The minimum atomic E-state index is -2.26. The molecule has 158 valence electrons. The number of amides is 1. The van der Waals surface area contributed by atoms with Crippen LogP contribution in [0.1, 0.15) is 12.8 Å². The van der Waals surface area contributed by atoms with Crippen molar-refractivity contribution in [3.8, 4) is 5.75 Å². The number of benzene rings is 1. The van der Waals surface area contributed by atoms with Crippen LogP contribution in [0.5, 0.6) is 5.75 Å². The molecule has 2 bridgehead atoms. The van der Waals surface area contributed by atoms with Crippen molar-refractivity contribution in [2.75, 3.05) is 39.3 Å². The zero-order valence-corrected chi connectivity index (χ0v) is 15.6. The van der Waals surface area contributed by atoms with Crippen molar-refractivity contribution < 1.29 is 31.5 Å². The lowest BCUT2D eigenvalue weighted by Crippen LogP contribution is -2.51. The summed E-state index contributed by atoms with van der Waals surface area (Å²) in [5, 5.41) is 0. The molecule has 2 aliphatic carbocycles. The molecular formula is C20H21F5N2O2. The van der Waals surface area contributed by atoms with E-state index in [9.17, 15) is 26.7 Å². The van der Waals surface area contributed by atoms with E-state index in [1.807, 2.05) is 0 Å². The molecule has 0 spiro atoms. The van der Waals surface area contributed by atoms with Gasteiger partial charge in [0.15, 0.2) is 12.4 Å². The quantitative estimate of drug-likeness (QED) is 0.320. The molecule has 1 aromatic carbocycles.